The summed E-state index contributed by atoms with van der Waals surface area (Å²) in [6.45, 7) is 5.49. The van der Waals surface area contributed by atoms with Gasteiger partial charge in [0.2, 0.25) is 0 Å². The highest BCUT2D eigenvalue weighted by Gasteiger charge is 2.45. The summed E-state index contributed by atoms with van der Waals surface area (Å²) in [5, 5.41) is 11.4. The van der Waals surface area contributed by atoms with Gasteiger partial charge in [0.25, 0.3) is 0 Å². The first kappa shape index (κ1) is 23.3. The second kappa shape index (κ2) is 9.00. The Hall–Kier alpha value is -2.39. The normalized spacial score (nSPS) is 20.3. The van der Waals surface area contributed by atoms with Gasteiger partial charge in [0, 0.05) is 37.9 Å². The molecule has 0 bridgehead atoms. The highest BCUT2D eigenvalue weighted by molar-refractivity contribution is 5.73. The van der Waals surface area contributed by atoms with Crippen molar-refractivity contribution in [3.05, 3.63) is 52.8 Å². The van der Waals surface area contributed by atoms with Crippen LogP contribution in [0, 0.1) is 6.92 Å². The first-order chi connectivity index (χ1) is 14.5. The summed E-state index contributed by atoms with van der Waals surface area (Å²) in [4.78, 5) is 11.5. The number of aryl methyl sites for hydroxylation is 2. The molecule has 2 aliphatic rings. The van der Waals surface area contributed by atoms with Gasteiger partial charge in [0.1, 0.15) is 0 Å². The molecule has 1 aliphatic heterocycles. The quantitative estimate of drug-likeness (QED) is 0.784. The van der Waals surface area contributed by atoms with Crippen LogP contribution in [-0.2, 0) is 28.5 Å². The largest absolute Gasteiger partial charge is 0.490 e. The Labute approximate surface area is 179 Å². The second-order valence-electron chi connectivity index (χ2n) is 8.40. The third kappa shape index (κ3) is 5.27. The van der Waals surface area contributed by atoms with Gasteiger partial charge in [-0.25, -0.2) is 4.79 Å². The molecule has 170 valence electrons. The molecule has 1 N–H and O–H groups in total. The van der Waals surface area contributed by atoms with E-state index in [-0.39, 0.29) is 6.10 Å². The topological polar surface area (TPSA) is 67.6 Å². The number of hydrogen-bond acceptors (Lipinski definition) is 4. The van der Waals surface area contributed by atoms with E-state index in [0.717, 1.165) is 26.1 Å². The number of carboxylic acids is 1. The van der Waals surface area contributed by atoms with Crippen LogP contribution in [0.4, 0.5) is 13.2 Å². The summed E-state index contributed by atoms with van der Waals surface area (Å²) in [7, 11) is 3.84. The standard InChI is InChI=1S/C20H27N3O.C2HF3O2/c1-15-4-5-18-17(10-15)19(24-3)11-20(18)6-8-23(9-7-20)14-16-12-21-22(2)13-16;3-2(4,5)1(6)7/h4-5,10,12-13,19H,6-9,11,14H2,1-3H3;(H,6,7). The van der Waals surface area contributed by atoms with E-state index in [1.807, 2.05) is 25.0 Å². The summed E-state index contributed by atoms with van der Waals surface area (Å²) < 4.78 is 39.4. The molecular weight excluding hydrogens is 411 g/mol. The summed E-state index contributed by atoms with van der Waals surface area (Å²) >= 11 is 0. The molecule has 1 spiro atoms. The maximum absolute atomic E-state index is 10.6. The fourth-order valence-corrected chi connectivity index (χ4v) is 4.64. The van der Waals surface area contributed by atoms with Crippen LogP contribution in [0.5, 0.6) is 0 Å². The molecule has 1 fully saturated rings. The number of benzene rings is 1. The predicted molar refractivity (Wildman–Crippen MR) is 109 cm³/mol. The molecule has 2 aromatic rings. The van der Waals surface area contributed by atoms with Crippen molar-refractivity contribution in [2.45, 2.75) is 50.4 Å². The van der Waals surface area contributed by atoms with E-state index in [9.17, 15) is 13.2 Å². The zero-order valence-electron chi connectivity index (χ0n) is 17.9. The van der Waals surface area contributed by atoms with E-state index in [0.29, 0.717) is 5.41 Å². The van der Waals surface area contributed by atoms with E-state index in [1.165, 1.54) is 29.5 Å². The fourth-order valence-electron chi connectivity index (χ4n) is 4.64. The number of likely N-dealkylation sites (tertiary alicyclic amines) is 1. The monoisotopic (exact) mass is 439 g/mol. The summed E-state index contributed by atoms with van der Waals surface area (Å²) in [6.07, 6.45) is 2.89. The van der Waals surface area contributed by atoms with Gasteiger partial charge in [-0.3, -0.25) is 9.58 Å². The lowest BCUT2D eigenvalue weighted by Gasteiger charge is -2.40. The van der Waals surface area contributed by atoms with Crippen molar-refractivity contribution < 1.29 is 27.8 Å². The number of carbonyl (C=O) groups is 1. The average Bonchev–Trinajstić information content (AvgIpc) is 3.24. The van der Waals surface area contributed by atoms with Gasteiger partial charge in [0.05, 0.1) is 12.3 Å². The SMILES string of the molecule is COC1CC2(CCN(Cc3cnn(C)c3)CC2)c2ccc(C)cc21.O=C(O)C(F)(F)F. The Balaban J connectivity index is 0.000000339. The van der Waals surface area contributed by atoms with Gasteiger partial charge in [0.15, 0.2) is 0 Å². The lowest BCUT2D eigenvalue weighted by molar-refractivity contribution is -0.192. The van der Waals surface area contributed by atoms with Crippen LogP contribution in [0.2, 0.25) is 0 Å². The van der Waals surface area contributed by atoms with Crippen molar-refractivity contribution >= 4 is 5.97 Å². The number of nitrogens with zero attached hydrogens (tertiary/aromatic N) is 3. The van der Waals surface area contributed by atoms with Crippen LogP contribution in [-0.4, -0.2) is 52.1 Å². The van der Waals surface area contributed by atoms with E-state index in [1.54, 1.807) is 5.56 Å². The number of fused-ring (bicyclic) bond motifs is 2. The Morgan fingerprint density at radius 1 is 1.32 bits per heavy atom. The number of halogens is 3. The van der Waals surface area contributed by atoms with E-state index >= 15 is 0 Å². The number of aliphatic carboxylic acids is 1. The Morgan fingerprint density at radius 2 is 1.97 bits per heavy atom. The van der Waals surface area contributed by atoms with Crippen molar-refractivity contribution in [1.29, 1.82) is 0 Å². The lowest BCUT2D eigenvalue weighted by Crippen LogP contribution is -2.41. The van der Waals surface area contributed by atoms with Gasteiger partial charge in [-0.05, 0) is 50.4 Å². The van der Waals surface area contributed by atoms with Crippen molar-refractivity contribution in [2.75, 3.05) is 20.2 Å². The number of ether oxygens (including phenoxy) is 1. The first-order valence-corrected chi connectivity index (χ1v) is 10.2. The maximum Gasteiger partial charge on any atom is 0.490 e. The molecule has 0 saturated carbocycles. The number of piperidine rings is 1. The molecule has 1 unspecified atom stereocenters. The van der Waals surface area contributed by atoms with Gasteiger partial charge >= 0.3 is 12.1 Å². The Bertz CT molecular complexity index is 918. The number of aromatic nitrogens is 2. The summed E-state index contributed by atoms with van der Waals surface area (Å²) in [6, 6.07) is 6.96. The zero-order valence-corrected chi connectivity index (χ0v) is 17.9. The molecule has 0 radical (unpaired) electrons. The third-order valence-corrected chi connectivity index (χ3v) is 6.21. The number of rotatable bonds is 3. The first-order valence-electron chi connectivity index (χ1n) is 10.2. The predicted octanol–water partition coefficient (Wildman–Crippen LogP) is 3.99. The van der Waals surface area contributed by atoms with Crippen molar-refractivity contribution in [2.24, 2.45) is 7.05 Å². The molecule has 2 heterocycles. The number of carboxylic acid groups (broad SMARTS) is 1. The molecular formula is C22H28F3N3O3. The van der Waals surface area contributed by atoms with Gasteiger partial charge in [-0.15, -0.1) is 0 Å². The van der Waals surface area contributed by atoms with Crippen LogP contribution in [0.25, 0.3) is 0 Å². The zero-order chi connectivity index (χ0) is 22.8. The molecule has 0 amide bonds. The van der Waals surface area contributed by atoms with Gasteiger partial charge in [-0.1, -0.05) is 23.8 Å². The van der Waals surface area contributed by atoms with Crippen LogP contribution >= 0.6 is 0 Å². The van der Waals surface area contributed by atoms with Crippen LogP contribution in [0.1, 0.15) is 47.6 Å². The Morgan fingerprint density at radius 3 is 2.48 bits per heavy atom. The smallest absolute Gasteiger partial charge is 0.475 e. The molecule has 1 aromatic heterocycles. The molecule has 1 aliphatic carbocycles. The lowest BCUT2D eigenvalue weighted by atomic mass is 9.73. The number of alkyl halides is 3. The van der Waals surface area contributed by atoms with Gasteiger partial charge in [-0.2, -0.15) is 18.3 Å². The van der Waals surface area contributed by atoms with Crippen LogP contribution < -0.4 is 0 Å². The minimum absolute atomic E-state index is 0.268. The molecule has 31 heavy (non-hydrogen) atoms. The summed E-state index contributed by atoms with van der Waals surface area (Å²) in [5.74, 6) is -2.76. The molecule has 1 aromatic carbocycles. The fraction of sp³-hybridized carbons (Fsp3) is 0.545. The Kier molecular flexibility index (Phi) is 6.76. The van der Waals surface area contributed by atoms with Gasteiger partial charge < -0.3 is 9.84 Å². The maximum atomic E-state index is 10.6. The summed E-state index contributed by atoms with van der Waals surface area (Å²) in [5.41, 5.74) is 5.93. The minimum atomic E-state index is -5.08. The minimum Gasteiger partial charge on any atom is -0.475 e. The molecule has 1 saturated heterocycles. The third-order valence-electron chi connectivity index (χ3n) is 6.21. The molecule has 9 heteroatoms. The van der Waals surface area contributed by atoms with E-state index in [4.69, 9.17) is 14.6 Å². The van der Waals surface area contributed by atoms with Crippen molar-refractivity contribution in [3.8, 4) is 0 Å². The molecule has 6 nitrogen and oxygen atoms in total. The highest BCUT2D eigenvalue weighted by Crippen LogP contribution is 2.52. The highest BCUT2D eigenvalue weighted by atomic mass is 19.4. The van der Waals surface area contributed by atoms with E-state index < -0.39 is 12.1 Å². The molecule has 1 atom stereocenters. The number of methoxy groups -OCH3 is 1. The van der Waals surface area contributed by atoms with E-state index in [2.05, 4.69) is 41.3 Å². The number of hydrogen-bond donors (Lipinski definition) is 1. The van der Waals surface area contributed by atoms with Crippen molar-refractivity contribution in [1.82, 2.24) is 14.7 Å². The average molecular weight is 439 g/mol. The van der Waals surface area contributed by atoms with Crippen LogP contribution in [0.15, 0.2) is 30.6 Å². The van der Waals surface area contributed by atoms with Crippen molar-refractivity contribution in [3.63, 3.8) is 0 Å². The molecule has 4 rings (SSSR count). The second-order valence-corrected chi connectivity index (χ2v) is 8.40. The van der Waals surface area contributed by atoms with Crippen LogP contribution in [0.3, 0.4) is 0 Å².